The van der Waals surface area contributed by atoms with Crippen LogP contribution in [-0.4, -0.2) is 99.6 Å². The topological polar surface area (TPSA) is 175 Å². The van der Waals surface area contributed by atoms with Gasteiger partial charge in [-0.05, 0) is 109 Å². The molecule has 8 unspecified atom stereocenters. The molecule has 0 bridgehead atoms. The van der Waals surface area contributed by atoms with Crippen LogP contribution < -0.4 is 5.32 Å². The van der Waals surface area contributed by atoms with E-state index in [0.29, 0.717) is 12.8 Å². The van der Waals surface area contributed by atoms with Crippen LogP contribution >= 0.6 is 0 Å². The molecule has 0 aromatic heterocycles. The molecule has 6 N–H and O–H groups in total. The molecule has 496 valence electrons. The third-order valence-electron chi connectivity index (χ3n) is 16.2. The van der Waals surface area contributed by atoms with E-state index >= 15 is 0 Å². The highest BCUT2D eigenvalue weighted by molar-refractivity contribution is 5.80. The number of allylic oxidation sites excluding steroid dienone is 15. The summed E-state index contributed by atoms with van der Waals surface area (Å²) in [6, 6.07) is -1.03. The molecule has 0 aromatic carbocycles. The number of unbranched alkanes of at least 4 members (excludes halogenated alkanes) is 32. The Bertz CT molecular complexity index is 1770. The van der Waals surface area contributed by atoms with E-state index in [1.165, 1.54) is 141 Å². The molecule has 1 heterocycles. The van der Waals surface area contributed by atoms with Crippen molar-refractivity contribution in [3.05, 3.63) is 97.2 Å². The van der Waals surface area contributed by atoms with Crippen LogP contribution in [0.4, 0.5) is 0 Å². The van der Waals surface area contributed by atoms with Crippen LogP contribution in [0.15, 0.2) is 97.2 Å². The van der Waals surface area contributed by atoms with Gasteiger partial charge in [0.15, 0.2) is 12.4 Å². The van der Waals surface area contributed by atoms with E-state index in [9.17, 15) is 35.1 Å². The van der Waals surface area contributed by atoms with Crippen LogP contribution in [0.5, 0.6) is 0 Å². The minimum atomic E-state index is -1.62. The third-order valence-corrected chi connectivity index (χ3v) is 16.2. The molecule has 11 nitrogen and oxygen atoms in total. The fraction of sp³-hybridized carbons (Fsp3) is 0.760. The van der Waals surface area contributed by atoms with Crippen LogP contribution in [0, 0.1) is 0 Å². The van der Waals surface area contributed by atoms with Gasteiger partial charge in [-0.3, -0.25) is 9.59 Å². The predicted octanol–water partition coefficient (Wildman–Crippen LogP) is 18.2. The van der Waals surface area contributed by atoms with Gasteiger partial charge in [0.25, 0.3) is 0 Å². The van der Waals surface area contributed by atoms with Gasteiger partial charge in [0.05, 0.1) is 25.4 Å². The molecule has 0 radical (unpaired) electrons. The second kappa shape index (κ2) is 61.8. The quantitative estimate of drug-likeness (QED) is 0.0195. The fourth-order valence-corrected chi connectivity index (χ4v) is 10.6. The van der Waals surface area contributed by atoms with Crippen molar-refractivity contribution in [3.8, 4) is 0 Å². The number of nitrogens with one attached hydrogen (secondary N) is 1. The van der Waals surface area contributed by atoms with Crippen molar-refractivity contribution in [2.75, 3.05) is 13.2 Å². The molecule has 0 saturated carbocycles. The maximum absolute atomic E-state index is 13.5. The van der Waals surface area contributed by atoms with Crippen molar-refractivity contribution in [1.29, 1.82) is 0 Å². The lowest BCUT2D eigenvalue weighted by Gasteiger charge is -2.41. The summed E-state index contributed by atoms with van der Waals surface area (Å²) in [4.78, 5) is 26.7. The molecule has 0 aliphatic carbocycles. The second-order valence-electron chi connectivity index (χ2n) is 24.3. The third kappa shape index (κ3) is 48.5. The van der Waals surface area contributed by atoms with E-state index in [1.807, 2.05) is 6.08 Å². The zero-order valence-corrected chi connectivity index (χ0v) is 55.2. The lowest BCUT2D eigenvalue weighted by Crippen LogP contribution is -2.61. The number of ether oxygens (including phenoxy) is 3. The van der Waals surface area contributed by atoms with Crippen molar-refractivity contribution in [2.45, 2.75) is 352 Å². The Balaban J connectivity index is 2.59. The smallest absolute Gasteiger partial charge is 0.306 e. The van der Waals surface area contributed by atoms with Gasteiger partial charge in [-0.25, -0.2) is 0 Å². The highest BCUT2D eigenvalue weighted by Crippen LogP contribution is 2.26. The first-order valence-electron chi connectivity index (χ1n) is 35.5. The summed E-state index contributed by atoms with van der Waals surface area (Å²) in [5.41, 5.74) is 0. The molecule has 1 saturated heterocycles. The van der Waals surface area contributed by atoms with E-state index < -0.39 is 67.4 Å². The first-order valence-corrected chi connectivity index (χ1v) is 35.5. The molecule has 1 aliphatic heterocycles. The van der Waals surface area contributed by atoms with E-state index in [2.05, 4.69) is 111 Å². The molecular formula is C75H131NO10. The van der Waals surface area contributed by atoms with Crippen molar-refractivity contribution in [3.63, 3.8) is 0 Å². The number of carbonyl (C=O) groups is 2. The van der Waals surface area contributed by atoms with Gasteiger partial charge >= 0.3 is 5.97 Å². The highest BCUT2D eigenvalue weighted by atomic mass is 16.7. The van der Waals surface area contributed by atoms with E-state index in [0.717, 1.165) is 116 Å². The Morgan fingerprint density at radius 1 is 0.453 bits per heavy atom. The van der Waals surface area contributed by atoms with Crippen LogP contribution in [0.25, 0.3) is 0 Å². The molecule has 0 aromatic rings. The van der Waals surface area contributed by atoms with Gasteiger partial charge in [0.2, 0.25) is 5.91 Å². The molecule has 0 spiro atoms. The van der Waals surface area contributed by atoms with Crippen LogP contribution in [0.2, 0.25) is 0 Å². The number of esters is 1. The number of aliphatic hydroxyl groups excluding tert-OH is 5. The molecule has 11 heteroatoms. The highest BCUT2D eigenvalue weighted by Gasteiger charge is 2.47. The van der Waals surface area contributed by atoms with Crippen molar-refractivity contribution in [1.82, 2.24) is 5.32 Å². The van der Waals surface area contributed by atoms with Gasteiger partial charge in [-0.15, -0.1) is 0 Å². The second-order valence-corrected chi connectivity index (χ2v) is 24.3. The minimum Gasteiger partial charge on any atom is -0.454 e. The predicted molar refractivity (Wildman–Crippen MR) is 361 cm³/mol. The van der Waals surface area contributed by atoms with Crippen LogP contribution in [0.3, 0.4) is 0 Å². The van der Waals surface area contributed by atoms with Crippen LogP contribution in [0.1, 0.15) is 303 Å². The molecule has 1 aliphatic rings. The minimum absolute atomic E-state index is 0.105. The Kier molecular flexibility index (Phi) is 57.9. The lowest BCUT2D eigenvalue weighted by molar-refractivity contribution is -0.305. The maximum Gasteiger partial charge on any atom is 0.306 e. The number of hydrogen-bond acceptors (Lipinski definition) is 10. The Hall–Kier alpha value is -3.42. The van der Waals surface area contributed by atoms with Crippen molar-refractivity contribution < 1.29 is 49.3 Å². The molecule has 1 fully saturated rings. The Labute approximate surface area is 526 Å². The van der Waals surface area contributed by atoms with Crippen molar-refractivity contribution in [2.24, 2.45) is 0 Å². The monoisotopic (exact) mass is 1210 g/mol. The Morgan fingerprint density at radius 2 is 0.802 bits per heavy atom. The number of amides is 1. The first kappa shape index (κ1) is 80.6. The van der Waals surface area contributed by atoms with Gasteiger partial charge in [0, 0.05) is 6.42 Å². The van der Waals surface area contributed by atoms with Gasteiger partial charge in [-0.2, -0.15) is 0 Å². The van der Waals surface area contributed by atoms with E-state index in [-0.39, 0.29) is 19.4 Å². The first-order chi connectivity index (χ1) is 42.2. The normalized spacial score (nSPS) is 18.9. The average Bonchev–Trinajstić information content (AvgIpc) is 3.68. The van der Waals surface area contributed by atoms with Crippen LogP contribution in [-0.2, 0) is 23.8 Å². The molecular weight excluding hydrogens is 1070 g/mol. The standard InChI is InChI=1S/C75H131NO10/c1-4-7-10-13-16-19-22-25-27-29-31-32-33-34-35-36-37-39-40-42-44-47-50-53-56-59-62-68(79)74(83)76-66(67(78)61-58-55-52-49-46-24-21-18-15-12-9-6-3)65-84-75-73(72(82)71(81)69(64-77)85-75)86-70(80)63-60-57-54-51-48-45-43-41-38-30-28-26-23-20-17-14-11-8-5-2/h16-17,19-20,25-28,31-32,34-35,38,41,58,61,66-69,71-73,75,77-79,81-82H,4-15,18,21-24,29-30,33,36-37,39-40,42-57,59-60,62-65H2,1-3H3,(H,76,83)/b19-16-,20-17-,27-25-,28-26-,32-31-,35-34-,41-38-,61-58+. The summed E-state index contributed by atoms with van der Waals surface area (Å²) in [6.07, 6.45) is 72.9. The fourth-order valence-electron chi connectivity index (χ4n) is 10.6. The van der Waals surface area contributed by atoms with Gasteiger partial charge < -0.3 is 45.1 Å². The maximum atomic E-state index is 13.5. The zero-order chi connectivity index (χ0) is 62.4. The summed E-state index contributed by atoms with van der Waals surface area (Å²) in [6.45, 7) is 5.74. The molecule has 1 rings (SSSR count). The number of rotatable bonds is 60. The summed E-state index contributed by atoms with van der Waals surface area (Å²) in [5, 5.41) is 57.2. The largest absolute Gasteiger partial charge is 0.454 e. The number of aliphatic hydroxyl groups is 5. The SMILES string of the molecule is CCCCC/C=C\C/C=C\C/C=C\C/C=C\CCCCCCCCCCCCC(O)C(=O)NC(COC1OC(CO)C(O)C(O)C1OC(=O)CCCCCCCC/C=C\C/C=C\C/C=C\CCCCC)C(O)/C=C/CCCCCCCCCCCC. The zero-order valence-electron chi connectivity index (χ0n) is 55.2. The van der Waals surface area contributed by atoms with Gasteiger partial charge in [-0.1, -0.05) is 285 Å². The lowest BCUT2D eigenvalue weighted by atomic mass is 9.99. The molecule has 8 atom stereocenters. The Morgan fingerprint density at radius 3 is 1.22 bits per heavy atom. The molecule has 86 heavy (non-hydrogen) atoms. The average molecular weight is 1210 g/mol. The summed E-state index contributed by atoms with van der Waals surface area (Å²) >= 11 is 0. The van der Waals surface area contributed by atoms with E-state index in [1.54, 1.807) is 6.08 Å². The van der Waals surface area contributed by atoms with Gasteiger partial charge in [0.1, 0.15) is 24.4 Å². The number of carbonyl (C=O) groups excluding carboxylic acids is 2. The number of hydrogen-bond donors (Lipinski definition) is 6. The summed E-state index contributed by atoms with van der Waals surface area (Å²) < 4.78 is 17.7. The summed E-state index contributed by atoms with van der Waals surface area (Å²) in [5.74, 6) is -1.21. The van der Waals surface area contributed by atoms with E-state index in [4.69, 9.17) is 14.2 Å². The molecule has 1 amide bonds. The van der Waals surface area contributed by atoms with Crippen molar-refractivity contribution >= 4 is 11.9 Å². The summed E-state index contributed by atoms with van der Waals surface area (Å²) in [7, 11) is 0.